The topological polar surface area (TPSA) is 92.5 Å². The lowest BCUT2D eigenvalue weighted by Gasteiger charge is -2.21. The molecule has 0 fully saturated rings. The predicted molar refractivity (Wildman–Crippen MR) is 109 cm³/mol. The summed E-state index contributed by atoms with van der Waals surface area (Å²) >= 11 is 0. The molecular formula is C18H32ClN3O3S. The molecule has 0 saturated carbocycles. The number of carbonyl (C=O) groups excluding carboxylic acids is 1. The van der Waals surface area contributed by atoms with E-state index < -0.39 is 10.0 Å². The molecule has 0 aliphatic heterocycles. The Morgan fingerprint density at radius 1 is 1.19 bits per heavy atom. The quantitative estimate of drug-likeness (QED) is 0.584. The fourth-order valence-electron chi connectivity index (χ4n) is 2.34. The highest BCUT2D eigenvalue weighted by atomic mass is 35.5. The molecule has 0 unspecified atom stereocenters. The van der Waals surface area contributed by atoms with Crippen LogP contribution in [0.15, 0.2) is 23.1 Å². The lowest BCUT2D eigenvalue weighted by atomic mass is 10.1. The number of rotatable bonds is 10. The Bertz CT molecular complexity index is 678. The first-order chi connectivity index (χ1) is 11.7. The van der Waals surface area contributed by atoms with Gasteiger partial charge in [-0.1, -0.05) is 18.9 Å². The van der Waals surface area contributed by atoms with E-state index >= 15 is 0 Å². The standard InChI is InChI=1S/C18H31N3O3S.ClH/c1-14(2)21(4)25(23,24)16-11-10-15(3)17(13-16)20-18(22)9-7-5-6-8-12-19;/h10-11,13-14H,5-9,12,19H2,1-4H3,(H,20,22);1H. The maximum atomic E-state index is 12.6. The zero-order valence-electron chi connectivity index (χ0n) is 16.1. The van der Waals surface area contributed by atoms with Gasteiger partial charge >= 0.3 is 0 Å². The first-order valence-corrected chi connectivity index (χ1v) is 10.2. The highest BCUT2D eigenvalue weighted by Gasteiger charge is 2.23. The summed E-state index contributed by atoms with van der Waals surface area (Å²) in [5.41, 5.74) is 6.83. The van der Waals surface area contributed by atoms with E-state index in [9.17, 15) is 13.2 Å². The van der Waals surface area contributed by atoms with Crippen molar-refractivity contribution in [3.63, 3.8) is 0 Å². The van der Waals surface area contributed by atoms with E-state index in [1.807, 2.05) is 20.8 Å². The van der Waals surface area contributed by atoms with Crippen LogP contribution in [0.5, 0.6) is 0 Å². The van der Waals surface area contributed by atoms with Crippen molar-refractivity contribution in [1.29, 1.82) is 0 Å². The number of anilines is 1. The summed E-state index contributed by atoms with van der Waals surface area (Å²) in [5, 5.41) is 2.84. The highest BCUT2D eigenvalue weighted by Crippen LogP contribution is 2.23. The van der Waals surface area contributed by atoms with Gasteiger partial charge in [0.15, 0.2) is 0 Å². The molecule has 0 aliphatic rings. The number of sulfonamides is 1. The van der Waals surface area contributed by atoms with Gasteiger partial charge in [0.1, 0.15) is 0 Å². The van der Waals surface area contributed by atoms with Gasteiger partial charge in [0.05, 0.1) is 4.90 Å². The van der Waals surface area contributed by atoms with Crippen LogP contribution in [0.4, 0.5) is 5.69 Å². The smallest absolute Gasteiger partial charge is 0.243 e. The van der Waals surface area contributed by atoms with Crippen molar-refractivity contribution in [1.82, 2.24) is 4.31 Å². The number of aryl methyl sites for hydroxylation is 1. The molecule has 1 aromatic carbocycles. The van der Waals surface area contributed by atoms with Crippen LogP contribution in [0.2, 0.25) is 0 Å². The molecule has 0 heterocycles. The average Bonchev–Trinajstić information content (AvgIpc) is 2.55. The number of unbranched alkanes of at least 4 members (excludes halogenated alkanes) is 3. The Labute approximate surface area is 164 Å². The molecule has 1 rings (SSSR count). The maximum absolute atomic E-state index is 12.6. The summed E-state index contributed by atoms with van der Waals surface area (Å²) in [5.74, 6) is -0.0948. The van der Waals surface area contributed by atoms with Crippen molar-refractivity contribution in [3.05, 3.63) is 23.8 Å². The van der Waals surface area contributed by atoms with E-state index in [4.69, 9.17) is 5.73 Å². The number of halogens is 1. The van der Waals surface area contributed by atoms with Crippen molar-refractivity contribution in [2.24, 2.45) is 5.73 Å². The molecule has 6 nitrogen and oxygen atoms in total. The zero-order valence-corrected chi connectivity index (χ0v) is 17.8. The molecule has 1 aromatic rings. The van der Waals surface area contributed by atoms with Crippen LogP contribution in [0.1, 0.15) is 51.5 Å². The molecule has 8 heteroatoms. The maximum Gasteiger partial charge on any atom is 0.243 e. The van der Waals surface area contributed by atoms with Gasteiger partial charge in [-0.3, -0.25) is 4.79 Å². The SMILES string of the molecule is Cc1ccc(S(=O)(=O)N(C)C(C)C)cc1NC(=O)CCCCCCN.Cl. The minimum Gasteiger partial charge on any atom is -0.330 e. The van der Waals surface area contributed by atoms with Gasteiger partial charge in [-0.2, -0.15) is 4.31 Å². The van der Waals surface area contributed by atoms with E-state index in [-0.39, 0.29) is 29.3 Å². The van der Waals surface area contributed by atoms with Gasteiger partial charge in [0.25, 0.3) is 0 Å². The fraction of sp³-hybridized carbons (Fsp3) is 0.611. The third-order valence-electron chi connectivity index (χ3n) is 4.25. The Balaban J connectivity index is 0.00000625. The Hall–Kier alpha value is -1.15. The molecule has 0 saturated heterocycles. The number of hydrogen-bond acceptors (Lipinski definition) is 4. The molecule has 1 amide bonds. The van der Waals surface area contributed by atoms with Crippen LogP contribution in [0, 0.1) is 6.92 Å². The number of nitrogens with one attached hydrogen (secondary N) is 1. The monoisotopic (exact) mass is 405 g/mol. The summed E-state index contributed by atoms with van der Waals surface area (Å²) in [6.45, 7) is 6.16. The number of hydrogen-bond donors (Lipinski definition) is 2. The van der Waals surface area contributed by atoms with E-state index in [0.29, 0.717) is 18.7 Å². The summed E-state index contributed by atoms with van der Waals surface area (Å²) in [4.78, 5) is 12.3. The summed E-state index contributed by atoms with van der Waals surface area (Å²) in [6, 6.07) is 4.69. The minimum atomic E-state index is -3.57. The number of nitrogens with zero attached hydrogens (tertiary/aromatic N) is 1. The Kier molecular flexibility index (Phi) is 11.0. The molecule has 0 aliphatic carbocycles. The van der Waals surface area contributed by atoms with Crippen molar-refractivity contribution >= 4 is 34.0 Å². The van der Waals surface area contributed by atoms with Gasteiger partial charge in [-0.05, 0) is 57.9 Å². The first kappa shape index (κ1) is 24.8. The van der Waals surface area contributed by atoms with Crippen LogP contribution in [0.25, 0.3) is 0 Å². The summed E-state index contributed by atoms with van der Waals surface area (Å²) < 4.78 is 26.5. The second-order valence-corrected chi connectivity index (χ2v) is 8.59. The molecule has 26 heavy (non-hydrogen) atoms. The first-order valence-electron chi connectivity index (χ1n) is 8.78. The molecule has 3 N–H and O–H groups in total. The largest absolute Gasteiger partial charge is 0.330 e. The molecule has 0 bridgehead atoms. The van der Waals surface area contributed by atoms with Crippen LogP contribution in [0.3, 0.4) is 0 Å². The van der Waals surface area contributed by atoms with E-state index in [2.05, 4.69) is 5.32 Å². The molecular weight excluding hydrogens is 374 g/mol. The third-order valence-corrected chi connectivity index (χ3v) is 6.27. The van der Waals surface area contributed by atoms with Crippen molar-refractivity contribution in [2.75, 3.05) is 18.9 Å². The Morgan fingerprint density at radius 2 is 1.81 bits per heavy atom. The van der Waals surface area contributed by atoms with Gasteiger partial charge < -0.3 is 11.1 Å². The number of carbonyl (C=O) groups is 1. The lowest BCUT2D eigenvalue weighted by Crippen LogP contribution is -2.33. The highest BCUT2D eigenvalue weighted by molar-refractivity contribution is 7.89. The second kappa shape index (κ2) is 11.5. The van der Waals surface area contributed by atoms with Crippen LogP contribution in [-0.2, 0) is 14.8 Å². The summed E-state index contributed by atoms with van der Waals surface area (Å²) in [6.07, 6.45) is 4.20. The summed E-state index contributed by atoms with van der Waals surface area (Å²) in [7, 11) is -2.02. The molecule has 0 spiro atoms. The van der Waals surface area contributed by atoms with Crippen LogP contribution >= 0.6 is 12.4 Å². The van der Waals surface area contributed by atoms with Crippen molar-refractivity contribution in [3.8, 4) is 0 Å². The molecule has 0 aromatic heterocycles. The van der Waals surface area contributed by atoms with E-state index in [1.54, 1.807) is 19.2 Å². The second-order valence-electron chi connectivity index (χ2n) is 6.59. The number of benzene rings is 1. The number of nitrogens with two attached hydrogens (primary N) is 1. The van der Waals surface area contributed by atoms with Crippen LogP contribution in [-0.4, -0.2) is 38.3 Å². The number of amides is 1. The zero-order chi connectivity index (χ0) is 19.0. The molecule has 0 radical (unpaired) electrons. The van der Waals surface area contributed by atoms with Gasteiger partial charge in [-0.15, -0.1) is 12.4 Å². The molecule has 150 valence electrons. The predicted octanol–water partition coefficient (Wildman–Crippen LogP) is 3.29. The van der Waals surface area contributed by atoms with Crippen LogP contribution < -0.4 is 11.1 Å². The lowest BCUT2D eigenvalue weighted by molar-refractivity contribution is -0.116. The Morgan fingerprint density at radius 3 is 2.38 bits per heavy atom. The third kappa shape index (κ3) is 7.23. The molecule has 0 atom stereocenters. The van der Waals surface area contributed by atoms with E-state index in [1.165, 1.54) is 10.4 Å². The van der Waals surface area contributed by atoms with E-state index in [0.717, 1.165) is 31.2 Å². The normalized spacial score (nSPS) is 11.5. The fourth-order valence-corrected chi connectivity index (χ4v) is 3.73. The van der Waals surface area contributed by atoms with Gasteiger partial charge in [0.2, 0.25) is 15.9 Å². The van der Waals surface area contributed by atoms with Crippen molar-refractivity contribution < 1.29 is 13.2 Å². The van der Waals surface area contributed by atoms with Gasteiger partial charge in [-0.25, -0.2) is 8.42 Å². The minimum absolute atomic E-state index is 0. The van der Waals surface area contributed by atoms with Gasteiger partial charge in [0, 0.05) is 25.2 Å². The average molecular weight is 406 g/mol. The van der Waals surface area contributed by atoms with Crippen molar-refractivity contribution in [2.45, 2.75) is 63.8 Å².